The molecule has 0 aliphatic carbocycles. The van der Waals surface area contributed by atoms with Gasteiger partial charge in [0.05, 0.1) is 23.4 Å². The van der Waals surface area contributed by atoms with Crippen LogP contribution in [0.3, 0.4) is 0 Å². The first-order chi connectivity index (χ1) is 11.8. The smallest absolute Gasteiger partial charge is 0.230 e. The molecule has 0 aliphatic heterocycles. The van der Waals surface area contributed by atoms with Gasteiger partial charge in [-0.2, -0.15) is 0 Å². The maximum absolute atomic E-state index is 12.0. The highest BCUT2D eigenvalue weighted by molar-refractivity contribution is 7.99. The fourth-order valence-electron chi connectivity index (χ4n) is 2.19. The number of hydrogen-bond acceptors (Lipinski definition) is 6. The summed E-state index contributed by atoms with van der Waals surface area (Å²) in [4.78, 5) is 13.1. The summed E-state index contributed by atoms with van der Waals surface area (Å²) in [7, 11) is 0. The Hall–Kier alpha value is -2.06. The molecule has 24 heavy (non-hydrogen) atoms. The molecule has 3 aromatic heterocycles. The van der Waals surface area contributed by atoms with Crippen molar-refractivity contribution in [1.29, 1.82) is 0 Å². The molecule has 0 unspecified atom stereocenters. The zero-order valence-corrected chi connectivity index (χ0v) is 14.9. The SMILES string of the molecule is CCCn1c(SCC(=O)NCc2ccco2)nnc1-c1cccs1. The number of hydrogen-bond donors (Lipinski definition) is 1. The van der Waals surface area contributed by atoms with Crippen LogP contribution in [-0.2, 0) is 17.9 Å². The number of rotatable bonds is 8. The Morgan fingerprint density at radius 1 is 1.38 bits per heavy atom. The number of thioether (sulfide) groups is 1. The average Bonchev–Trinajstić information content (AvgIpc) is 3.32. The molecule has 6 nitrogen and oxygen atoms in total. The van der Waals surface area contributed by atoms with E-state index in [1.54, 1.807) is 23.7 Å². The van der Waals surface area contributed by atoms with Gasteiger partial charge in [0.15, 0.2) is 11.0 Å². The number of thiophene rings is 1. The van der Waals surface area contributed by atoms with Crippen LogP contribution >= 0.6 is 23.1 Å². The highest BCUT2D eigenvalue weighted by Crippen LogP contribution is 2.27. The summed E-state index contributed by atoms with van der Waals surface area (Å²) in [6, 6.07) is 7.67. The third kappa shape index (κ3) is 4.07. The predicted molar refractivity (Wildman–Crippen MR) is 94.9 cm³/mol. The van der Waals surface area contributed by atoms with E-state index >= 15 is 0 Å². The molecule has 8 heteroatoms. The maximum atomic E-state index is 12.0. The lowest BCUT2D eigenvalue weighted by Gasteiger charge is -2.08. The second-order valence-corrected chi connectivity index (χ2v) is 6.97. The Morgan fingerprint density at radius 3 is 3.00 bits per heavy atom. The molecule has 0 atom stereocenters. The van der Waals surface area contributed by atoms with Gasteiger partial charge in [-0.1, -0.05) is 24.8 Å². The molecule has 126 valence electrons. The molecular weight excluding hydrogens is 344 g/mol. The summed E-state index contributed by atoms with van der Waals surface area (Å²) in [5.41, 5.74) is 0. The van der Waals surface area contributed by atoms with Gasteiger partial charge in [0.1, 0.15) is 5.76 Å². The largest absolute Gasteiger partial charge is 0.467 e. The third-order valence-corrected chi connectivity index (χ3v) is 5.11. The summed E-state index contributed by atoms with van der Waals surface area (Å²) in [5.74, 6) is 1.85. The van der Waals surface area contributed by atoms with Crippen LogP contribution in [0.25, 0.3) is 10.7 Å². The number of amides is 1. The van der Waals surface area contributed by atoms with Gasteiger partial charge in [0.25, 0.3) is 0 Å². The summed E-state index contributed by atoms with van der Waals surface area (Å²) >= 11 is 3.04. The van der Waals surface area contributed by atoms with E-state index in [2.05, 4.69) is 27.0 Å². The minimum absolute atomic E-state index is 0.0554. The number of aromatic nitrogens is 3. The molecule has 1 N–H and O–H groups in total. The van der Waals surface area contributed by atoms with Crippen molar-refractivity contribution in [1.82, 2.24) is 20.1 Å². The van der Waals surface area contributed by atoms with Gasteiger partial charge < -0.3 is 14.3 Å². The van der Waals surface area contributed by atoms with Crippen LogP contribution in [0.2, 0.25) is 0 Å². The van der Waals surface area contributed by atoms with Gasteiger partial charge in [-0.05, 0) is 30.0 Å². The van der Waals surface area contributed by atoms with E-state index < -0.39 is 0 Å². The van der Waals surface area contributed by atoms with Crippen LogP contribution in [0.15, 0.2) is 45.5 Å². The first-order valence-electron chi connectivity index (χ1n) is 7.67. The molecule has 0 saturated carbocycles. The molecule has 0 spiro atoms. The van der Waals surface area contributed by atoms with E-state index in [4.69, 9.17) is 4.42 Å². The lowest BCUT2D eigenvalue weighted by Crippen LogP contribution is -2.24. The predicted octanol–water partition coefficient (Wildman–Crippen LogP) is 3.42. The quantitative estimate of drug-likeness (QED) is 0.622. The van der Waals surface area contributed by atoms with E-state index in [9.17, 15) is 4.79 Å². The molecule has 3 rings (SSSR count). The molecule has 3 heterocycles. The fraction of sp³-hybridized carbons (Fsp3) is 0.312. The summed E-state index contributed by atoms with van der Waals surface area (Å²) in [5, 5.41) is 14.2. The molecule has 1 amide bonds. The van der Waals surface area contributed by atoms with Gasteiger partial charge in [0, 0.05) is 6.54 Å². The van der Waals surface area contributed by atoms with E-state index in [-0.39, 0.29) is 5.91 Å². The Morgan fingerprint density at radius 2 is 2.29 bits per heavy atom. The lowest BCUT2D eigenvalue weighted by molar-refractivity contribution is -0.118. The summed E-state index contributed by atoms with van der Waals surface area (Å²) < 4.78 is 7.28. The molecule has 0 fully saturated rings. The third-order valence-electron chi connectivity index (χ3n) is 3.28. The van der Waals surface area contributed by atoms with E-state index in [0.29, 0.717) is 12.3 Å². The normalized spacial score (nSPS) is 10.9. The number of nitrogens with one attached hydrogen (secondary N) is 1. The zero-order chi connectivity index (χ0) is 16.8. The zero-order valence-electron chi connectivity index (χ0n) is 13.3. The second kappa shape index (κ2) is 8.16. The Kier molecular flexibility index (Phi) is 5.71. The van der Waals surface area contributed by atoms with Crippen LogP contribution in [0.4, 0.5) is 0 Å². The Balaban J connectivity index is 1.61. The monoisotopic (exact) mass is 362 g/mol. The van der Waals surface area contributed by atoms with Crippen molar-refractivity contribution in [3.8, 4) is 10.7 Å². The van der Waals surface area contributed by atoms with Crippen molar-refractivity contribution < 1.29 is 9.21 Å². The van der Waals surface area contributed by atoms with Crippen LogP contribution < -0.4 is 5.32 Å². The Labute approximate surface area is 148 Å². The molecule has 0 aliphatic rings. The molecule has 0 aromatic carbocycles. The molecular formula is C16H18N4O2S2. The van der Waals surface area contributed by atoms with Crippen molar-refractivity contribution in [2.75, 3.05) is 5.75 Å². The van der Waals surface area contributed by atoms with Crippen molar-refractivity contribution in [3.63, 3.8) is 0 Å². The number of carbonyl (C=O) groups excluding carboxylic acids is 1. The van der Waals surface area contributed by atoms with Gasteiger partial charge in [-0.25, -0.2) is 0 Å². The number of carbonyl (C=O) groups is 1. The maximum Gasteiger partial charge on any atom is 0.230 e. The first-order valence-corrected chi connectivity index (χ1v) is 9.53. The standard InChI is InChI=1S/C16H18N4O2S2/c1-2-7-20-15(13-6-4-9-23-13)18-19-16(20)24-11-14(21)17-10-12-5-3-8-22-12/h3-6,8-9H,2,7,10-11H2,1H3,(H,17,21). The van der Waals surface area contributed by atoms with Gasteiger partial charge in [0.2, 0.25) is 5.91 Å². The summed E-state index contributed by atoms with van der Waals surface area (Å²) in [6.07, 6.45) is 2.57. The van der Waals surface area contributed by atoms with Crippen molar-refractivity contribution in [2.45, 2.75) is 31.6 Å². The topological polar surface area (TPSA) is 73.0 Å². The van der Waals surface area contributed by atoms with Crippen LogP contribution in [0.5, 0.6) is 0 Å². The molecule has 0 saturated heterocycles. The Bertz CT molecular complexity index is 766. The van der Waals surface area contributed by atoms with E-state index in [0.717, 1.165) is 34.6 Å². The minimum atomic E-state index is -0.0554. The molecule has 3 aromatic rings. The molecule has 0 radical (unpaired) electrons. The number of nitrogens with zero attached hydrogens (tertiary/aromatic N) is 3. The molecule has 0 bridgehead atoms. The van der Waals surface area contributed by atoms with Crippen LogP contribution in [0, 0.1) is 0 Å². The second-order valence-electron chi connectivity index (χ2n) is 5.08. The van der Waals surface area contributed by atoms with Gasteiger partial charge >= 0.3 is 0 Å². The number of furan rings is 1. The average molecular weight is 362 g/mol. The first kappa shape index (κ1) is 16.8. The fourth-order valence-corrected chi connectivity index (χ4v) is 3.70. The summed E-state index contributed by atoms with van der Waals surface area (Å²) in [6.45, 7) is 3.34. The minimum Gasteiger partial charge on any atom is -0.467 e. The van der Waals surface area contributed by atoms with E-state index in [1.807, 2.05) is 23.6 Å². The van der Waals surface area contributed by atoms with Crippen LogP contribution in [0.1, 0.15) is 19.1 Å². The van der Waals surface area contributed by atoms with Crippen molar-refractivity contribution in [3.05, 3.63) is 41.7 Å². The van der Waals surface area contributed by atoms with E-state index in [1.165, 1.54) is 11.8 Å². The van der Waals surface area contributed by atoms with Gasteiger partial charge in [-0.15, -0.1) is 21.5 Å². The highest BCUT2D eigenvalue weighted by Gasteiger charge is 2.15. The van der Waals surface area contributed by atoms with Crippen LogP contribution in [-0.4, -0.2) is 26.4 Å². The van der Waals surface area contributed by atoms with Gasteiger partial charge in [-0.3, -0.25) is 4.79 Å². The highest BCUT2D eigenvalue weighted by atomic mass is 32.2. The lowest BCUT2D eigenvalue weighted by atomic mass is 10.4. The van der Waals surface area contributed by atoms with Crippen molar-refractivity contribution >= 4 is 29.0 Å². The van der Waals surface area contributed by atoms with Crippen molar-refractivity contribution in [2.24, 2.45) is 0 Å².